The summed E-state index contributed by atoms with van der Waals surface area (Å²) < 4.78 is 78.5. The minimum Gasteiger partial charge on any atom is -0.375 e. The molecule has 0 saturated carbocycles. The zero-order valence-corrected chi connectivity index (χ0v) is 19.7. The summed E-state index contributed by atoms with van der Waals surface area (Å²) in [5.74, 6) is -0.872. The standard InChI is InChI=1S/C21H24F4N4O2S2/c1-13(14-5-7-17(16(22)11-14)28-33(2,30)31)20(32)26-12-15-6-8-18(21(23,24)25)27-19(15)29-9-3-4-10-29/h5-8,11,13,28H,3-4,9-10,12H2,1-2H3,(H,26,32). The number of halogens is 4. The normalized spacial score (nSPS) is 15.4. The number of hydrogen-bond acceptors (Lipinski definition) is 5. The number of rotatable bonds is 7. The molecular formula is C21H24F4N4O2S2. The Labute approximate surface area is 195 Å². The van der Waals surface area contributed by atoms with E-state index in [0.717, 1.165) is 25.2 Å². The van der Waals surface area contributed by atoms with E-state index in [-0.39, 0.29) is 18.1 Å². The molecule has 180 valence electrons. The molecule has 1 aromatic carbocycles. The third-order valence-electron chi connectivity index (χ3n) is 5.29. The Morgan fingerprint density at radius 1 is 1.21 bits per heavy atom. The average Bonchev–Trinajstić information content (AvgIpc) is 3.26. The smallest absolute Gasteiger partial charge is 0.375 e. The molecule has 0 aliphatic carbocycles. The highest BCUT2D eigenvalue weighted by Crippen LogP contribution is 2.32. The molecule has 0 radical (unpaired) electrons. The number of benzene rings is 1. The monoisotopic (exact) mass is 504 g/mol. The van der Waals surface area contributed by atoms with Crippen molar-refractivity contribution in [3.63, 3.8) is 0 Å². The van der Waals surface area contributed by atoms with Crippen molar-refractivity contribution in [1.82, 2.24) is 10.3 Å². The first-order valence-electron chi connectivity index (χ1n) is 10.2. The molecule has 0 bridgehead atoms. The van der Waals surface area contributed by atoms with E-state index in [1.54, 1.807) is 13.0 Å². The van der Waals surface area contributed by atoms with Crippen molar-refractivity contribution >= 4 is 38.7 Å². The molecule has 12 heteroatoms. The largest absolute Gasteiger partial charge is 0.433 e. The highest BCUT2D eigenvalue weighted by atomic mass is 32.2. The zero-order chi connectivity index (χ0) is 24.4. The number of pyridine rings is 1. The van der Waals surface area contributed by atoms with Crippen LogP contribution in [-0.2, 0) is 22.7 Å². The highest BCUT2D eigenvalue weighted by Gasteiger charge is 2.34. The first kappa shape index (κ1) is 25.2. The Balaban J connectivity index is 1.74. The van der Waals surface area contributed by atoms with Gasteiger partial charge in [-0.3, -0.25) is 4.72 Å². The van der Waals surface area contributed by atoms with Gasteiger partial charge in [0.15, 0.2) is 0 Å². The lowest BCUT2D eigenvalue weighted by Gasteiger charge is -2.23. The van der Waals surface area contributed by atoms with Crippen LogP contribution in [0.5, 0.6) is 0 Å². The number of hydrogen-bond donors (Lipinski definition) is 2. The van der Waals surface area contributed by atoms with Gasteiger partial charge in [-0.05, 0) is 36.6 Å². The van der Waals surface area contributed by atoms with Gasteiger partial charge in [-0.1, -0.05) is 31.3 Å². The zero-order valence-electron chi connectivity index (χ0n) is 18.0. The fourth-order valence-corrected chi connectivity index (χ4v) is 4.32. The van der Waals surface area contributed by atoms with E-state index in [0.29, 0.717) is 29.2 Å². The van der Waals surface area contributed by atoms with Gasteiger partial charge < -0.3 is 10.2 Å². The summed E-state index contributed by atoms with van der Waals surface area (Å²) in [4.78, 5) is 6.07. The van der Waals surface area contributed by atoms with Crippen LogP contribution in [0.3, 0.4) is 0 Å². The van der Waals surface area contributed by atoms with Crippen molar-refractivity contribution in [2.75, 3.05) is 29.0 Å². The minimum absolute atomic E-state index is 0.163. The van der Waals surface area contributed by atoms with Gasteiger partial charge in [0.2, 0.25) is 10.0 Å². The Hall–Kier alpha value is -2.47. The Morgan fingerprint density at radius 3 is 2.45 bits per heavy atom. The second kappa shape index (κ2) is 9.80. The number of thiocarbonyl (C=S) groups is 1. The van der Waals surface area contributed by atoms with Crippen molar-refractivity contribution in [2.24, 2.45) is 0 Å². The lowest BCUT2D eigenvalue weighted by molar-refractivity contribution is -0.141. The summed E-state index contributed by atoms with van der Waals surface area (Å²) in [6.45, 7) is 3.18. The third kappa shape index (κ3) is 6.53. The minimum atomic E-state index is -4.54. The van der Waals surface area contributed by atoms with E-state index in [1.807, 2.05) is 4.90 Å². The van der Waals surface area contributed by atoms with Gasteiger partial charge in [-0.25, -0.2) is 17.8 Å². The van der Waals surface area contributed by atoms with E-state index < -0.39 is 33.6 Å². The number of nitrogens with zero attached hydrogens (tertiary/aromatic N) is 2. The van der Waals surface area contributed by atoms with Crippen LogP contribution < -0.4 is 14.9 Å². The summed E-state index contributed by atoms with van der Waals surface area (Å²) in [7, 11) is -3.62. The molecular weight excluding hydrogens is 480 g/mol. The quantitative estimate of drug-likeness (QED) is 0.429. The van der Waals surface area contributed by atoms with Gasteiger partial charge in [0.25, 0.3) is 0 Å². The van der Waals surface area contributed by atoms with E-state index in [1.165, 1.54) is 18.2 Å². The molecule has 1 aliphatic rings. The topological polar surface area (TPSA) is 74.3 Å². The molecule has 1 saturated heterocycles. The van der Waals surface area contributed by atoms with Crippen LogP contribution in [0.15, 0.2) is 30.3 Å². The number of alkyl halides is 3. The number of aromatic nitrogens is 1. The van der Waals surface area contributed by atoms with Crippen molar-refractivity contribution in [2.45, 2.75) is 38.4 Å². The first-order valence-corrected chi connectivity index (χ1v) is 12.5. The SMILES string of the molecule is CC(C(=S)NCc1ccc(C(F)(F)F)nc1N1CCCC1)c1ccc(NS(C)(=O)=O)c(F)c1. The van der Waals surface area contributed by atoms with Crippen molar-refractivity contribution in [3.05, 3.63) is 53.0 Å². The first-order chi connectivity index (χ1) is 15.3. The van der Waals surface area contributed by atoms with Crippen LogP contribution in [0.4, 0.5) is 29.1 Å². The summed E-state index contributed by atoms with van der Waals surface area (Å²) >= 11 is 5.43. The maximum Gasteiger partial charge on any atom is 0.433 e. The van der Waals surface area contributed by atoms with E-state index in [2.05, 4.69) is 15.0 Å². The predicted octanol–water partition coefficient (Wildman–Crippen LogP) is 4.43. The molecule has 2 heterocycles. The fraction of sp³-hybridized carbons (Fsp3) is 0.429. The average molecular weight is 505 g/mol. The molecule has 1 aromatic heterocycles. The summed E-state index contributed by atoms with van der Waals surface area (Å²) in [5.41, 5.74) is -0.00605. The summed E-state index contributed by atoms with van der Waals surface area (Å²) in [5, 5.41) is 3.04. The molecule has 2 aromatic rings. The molecule has 2 N–H and O–H groups in total. The second-order valence-electron chi connectivity index (χ2n) is 7.92. The molecule has 6 nitrogen and oxygen atoms in total. The van der Waals surface area contributed by atoms with Crippen LogP contribution >= 0.6 is 12.2 Å². The van der Waals surface area contributed by atoms with Crippen LogP contribution in [-0.4, -0.2) is 37.7 Å². The molecule has 0 amide bonds. The molecule has 33 heavy (non-hydrogen) atoms. The Kier molecular flexibility index (Phi) is 7.47. The summed E-state index contributed by atoms with van der Waals surface area (Å²) in [6.07, 6.45) is -1.84. The maximum atomic E-state index is 14.3. The highest BCUT2D eigenvalue weighted by molar-refractivity contribution is 7.92. The van der Waals surface area contributed by atoms with Crippen LogP contribution in [0, 0.1) is 5.82 Å². The Bertz CT molecular complexity index is 1130. The van der Waals surface area contributed by atoms with Crippen molar-refractivity contribution in [3.8, 4) is 0 Å². The van der Waals surface area contributed by atoms with Crippen LogP contribution in [0.25, 0.3) is 0 Å². The number of nitrogens with one attached hydrogen (secondary N) is 2. The van der Waals surface area contributed by atoms with Gasteiger partial charge in [0, 0.05) is 31.1 Å². The molecule has 1 aliphatic heterocycles. The molecule has 1 atom stereocenters. The molecule has 3 rings (SSSR count). The third-order valence-corrected chi connectivity index (χ3v) is 6.38. The van der Waals surface area contributed by atoms with E-state index >= 15 is 0 Å². The number of sulfonamides is 1. The van der Waals surface area contributed by atoms with Gasteiger partial charge in [-0.2, -0.15) is 13.2 Å². The molecule has 0 spiro atoms. The number of anilines is 2. The lowest BCUT2D eigenvalue weighted by Crippen LogP contribution is -2.28. The molecule has 1 fully saturated rings. The molecule has 1 unspecified atom stereocenters. The lowest BCUT2D eigenvalue weighted by atomic mass is 10.0. The summed E-state index contributed by atoms with van der Waals surface area (Å²) in [6, 6.07) is 6.42. The van der Waals surface area contributed by atoms with E-state index in [4.69, 9.17) is 12.2 Å². The van der Waals surface area contributed by atoms with Crippen molar-refractivity contribution < 1.29 is 26.0 Å². The van der Waals surface area contributed by atoms with Gasteiger partial charge in [0.1, 0.15) is 17.3 Å². The van der Waals surface area contributed by atoms with Crippen LogP contribution in [0.2, 0.25) is 0 Å². The van der Waals surface area contributed by atoms with Crippen molar-refractivity contribution in [1.29, 1.82) is 0 Å². The van der Waals surface area contributed by atoms with Gasteiger partial charge in [0.05, 0.1) is 16.9 Å². The fourth-order valence-electron chi connectivity index (χ4n) is 3.55. The van der Waals surface area contributed by atoms with Gasteiger partial charge in [-0.15, -0.1) is 0 Å². The Morgan fingerprint density at radius 2 is 1.88 bits per heavy atom. The van der Waals surface area contributed by atoms with Gasteiger partial charge >= 0.3 is 6.18 Å². The van der Waals surface area contributed by atoms with E-state index in [9.17, 15) is 26.0 Å². The maximum absolute atomic E-state index is 14.3. The predicted molar refractivity (Wildman–Crippen MR) is 123 cm³/mol. The second-order valence-corrected chi connectivity index (χ2v) is 10.1. The van der Waals surface area contributed by atoms with Crippen LogP contribution in [0.1, 0.15) is 42.5 Å².